The molecule has 0 spiro atoms. The Bertz CT molecular complexity index is 1170. The van der Waals surface area contributed by atoms with Crippen molar-refractivity contribution >= 4 is 21.9 Å². The summed E-state index contributed by atoms with van der Waals surface area (Å²) in [6, 6.07) is 8.77. The fourth-order valence-corrected chi connectivity index (χ4v) is 4.36. The minimum absolute atomic E-state index is 0.355. The number of hydrogen-bond acceptors (Lipinski definition) is 4. The highest BCUT2D eigenvalue weighted by Gasteiger charge is 2.22. The Morgan fingerprint density at radius 3 is 2.41 bits per heavy atom. The van der Waals surface area contributed by atoms with Crippen LogP contribution >= 0.6 is 0 Å². The number of aliphatic hydroxyl groups is 1. The third kappa shape index (κ3) is 3.14. The van der Waals surface area contributed by atoms with Crippen LogP contribution in [0.25, 0.3) is 33.1 Å². The van der Waals surface area contributed by atoms with Crippen LogP contribution in [-0.2, 0) is 5.60 Å². The maximum Gasteiger partial charge on any atom is 0.141 e. The van der Waals surface area contributed by atoms with Gasteiger partial charge < -0.3 is 14.2 Å². The zero-order chi connectivity index (χ0) is 20.9. The van der Waals surface area contributed by atoms with E-state index in [0.717, 1.165) is 62.9 Å². The molecule has 0 saturated heterocycles. The molecule has 29 heavy (non-hydrogen) atoms. The van der Waals surface area contributed by atoms with E-state index in [1.54, 1.807) is 0 Å². The second-order valence-corrected chi connectivity index (χ2v) is 8.42. The Morgan fingerprint density at radius 1 is 1.10 bits per heavy atom. The summed E-state index contributed by atoms with van der Waals surface area (Å²) < 4.78 is 7.78. The molecule has 0 aliphatic rings. The van der Waals surface area contributed by atoms with Gasteiger partial charge in [-0.2, -0.15) is 0 Å². The summed E-state index contributed by atoms with van der Waals surface area (Å²) in [5.41, 5.74) is 6.15. The Labute approximate surface area is 171 Å². The van der Waals surface area contributed by atoms with Crippen LogP contribution in [0.4, 0.5) is 0 Å². The van der Waals surface area contributed by atoms with Gasteiger partial charge in [-0.25, -0.2) is 0 Å². The monoisotopic (exact) mass is 391 g/mol. The van der Waals surface area contributed by atoms with Crippen molar-refractivity contribution < 1.29 is 9.63 Å². The zero-order valence-electron chi connectivity index (χ0n) is 18.1. The van der Waals surface area contributed by atoms with Crippen LogP contribution in [0, 0.1) is 13.8 Å². The standard InChI is InChI=1S/C24H29N3O2/c1-7-18(8-2)27-20-12-17(24(5,6)28)9-10-19(20)23-21(27)11-16(13-25-23)22-14(3)26-29-15(22)4/h9-13,18,28H,7-8H2,1-6H3. The van der Waals surface area contributed by atoms with Gasteiger partial charge in [-0.3, -0.25) is 4.98 Å². The average Bonchev–Trinajstić information content (AvgIpc) is 3.18. The number of nitrogens with zero attached hydrogens (tertiary/aromatic N) is 3. The molecule has 0 atom stereocenters. The van der Waals surface area contributed by atoms with Crippen molar-refractivity contribution in [1.82, 2.24) is 14.7 Å². The van der Waals surface area contributed by atoms with E-state index in [4.69, 9.17) is 9.51 Å². The quantitative estimate of drug-likeness (QED) is 0.450. The molecule has 0 amide bonds. The molecule has 5 nitrogen and oxygen atoms in total. The van der Waals surface area contributed by atoms with E-state index in [9.17, 15) is 5.11 Å². The van der Waals surface area contributed by atoms with Crippen molar-refractivity contribution in [3.8, 4) is 11.1 Å². The third-order valence-electron chi connectivity index (χ3n) is 5.98. The molecular formula is C24H29N3O2. The van der Waals surface area contributed by atoms with E-state index in [2.05, 4.69) is 41.8 Å². The Hall–Kier alpha value is -2.66. The van der Waals surface area contributed by atoms with Gasteiger partial charge in [0.1, 0.15) is 5.76 Å². The predicted octanol–water partition coefficient (Wildman–Crippen LogP) is 6.05. The van der Waals surface area contributed by atoms with E-state index >= 15 is 0 Å². The van der Waals surface area contributed by atoms with E-state index in [1.807, 2.05) is 40.0 Å². The number of aryl methyl sites for hydroxylation is 2. The second-order valence-electron chi connectivity index (χ2n) is 8.42. The molecule has 0 unspecified atom stereocenters. The Kier molecular flexibility index (Phi) is 4.74. The number of hydrogen-bond donors (Lipinski definition) is 1. The Balaban J connectivity index is 2.07. The van der Waals surface area contributed by atoms with Crippen molar-refractivity contribution in [2.75, 3.05) is 0 Å². The lowest BCUT2D eigenvalue weighted by Crippen LogP contribution is -2.15. The normalized spacial score (nSPS) is 12.6. The molecule has 4 aromatic rings. The maximum absolute atomic E-state index is 10.6. The van der Waals surface area contributed by atoms with Gasteiger partial charge in [-0.05, 0) is 58.2 Å². The summed E-state index contributed by atoms with van der Waals surface area (Å²) in [6.07, 6.45) is 3.96. The molecule has 3 aromatic heterocycles. The van der Waals surface area contributed by atoms with Gasteiger partial charge in [0.05, 0.1) is 27.8 Å². The minimum Gasteiger partial charge on any atom is -0.386 e. The summed E-state index contributed by atoms with van der Waals surface area (Å²) in [7, 11) is 0. The molecule has 3 heterocycles. The Morgan fingerprint density at radius 2 is 1.83 bits per heavy atom. The summed E-state index contributed by atoms with van der Waals surface area (Å²) in [6.45, 7) is 12.0. The van der Waals surface area contributed by atoms with Crippen LogP contribution in [0.3, 0.4) is 0 Å². The average molecular weight is 392 g/mol. The highest BCUT2D eigenvalue weighted by Crippen LogP contribution is 2.37. The molecule has 1 aromatic carbocycles. The summed E-state index contributed by atoms with van der Waals surface area (Å²) in [5.74, 6) is 0.804. The molecule has 0 bridgehead atoms. The third-order valence-corrected chi connectivity index (χ3v) is 5.98. The van der Waals surface area contributed by atoms with Crippen molar-refractivity contribution in [1.29, 1.82) is 0 Å². The van der Waals surface area contributed by atoms with Crippen molar-refractivity contribution in [2.24, 2.45) is 0 Å². The van der Waals surface area contributed by atoms with Crippen molar-refractivity contribution in [3.05, 3.63) is 47.5 Å². The van der Waals surface area contributed by atoms with Crippen LogP contribution in [0.1, 0.15) is 63.6 Å². The van der Waals surface area contributed by atoms with Gasteiger partial charge in [0, 0.05) is 28.8 Å². The van der Waals surface area contributed by atoms with E-state index in [1.165, 1.54) is 0 Å². The number of pyridine rings is 1. The lowest BCUT2D eigenvalue weighted by atomic mass is 9.97. The highest BCUT2D eigenvalue weighted by molar-refractivity contribution is 6.07. The van der Waals surface area contributed by atoms with E-state index < -0.39 is 5.60 Å². The van der Waals surface area contributed by atoms with Gasteiger partial charge in [0.15, 0.2) is 0 Å². The minimum atomic E-state index is -0.890. The number of aromatic nitrogens is 3. The largest absolute Gasteiger partial charge is 0.386 e. The lowest BCUT2D eigenvalue weighted by Gasteiger charge is -2.21. The second kappa shape index (κ2) is 6.99. The fraction of sp³-hybridized carbons (Fsp3) is 0.417. The fourth-order valence-electron chi connectivity index (χ4n) is 4.36. The van der Waals surface area contributed by atoms with Gasteiger partial charge in [-0.1, -0.05) is 31.1 Å². The molecule has 4 rings (SSSR count). The first-order chi connectivity index (χ1) is 13.8. The first kappa shape index (κ1) is 19.6. The maximum atomic E-state index is 10.6. The first-order valence-corrected chi connectivity index (χ1v) is 10.4. The topological polar surface area (TPSA) is 64.1 Å². The van der Waals surface area contributed by atoms with Gasteiger partial charge >= 0.3 is 0 Å². The number of rotatable bonds is 5. The SMILES string of the molecule is CCC(CC)n1c2cc(C(C)(C)O)ccc2c2ncc(-c3c(C)noc3C)cc21. The summed E-state index contributed by atoms with van der Waals surface area (Å²) in [5, 5.41) is 15.8. The van der Waals surface area contributed by atoms with Crippen LogP contribution in [0.5, 0.6) is 0 Å². The van der Waals surface area contributed by atoms with Gasteiger partial charge in [-0.15, -0.1) is 0 Å². The predicted molar refractivity (Wildman–Crippen MR) is 117 cm³/mol. The van der Waals surface area contributed by atoms with Crippen LogP contribution in [0.15, 0.2) is 35.0 Å². The summed E-state index contributed by atoms with van der Waals surface area (Å²) >= 11 is 0. The molecular weight excluding hydrogens is 362 g/mol. The van der Waals surface area contributed by atoms with Crippen LogP contribution in [-0.4, -0.2) is 19.8 Å². The smallest absolute Gasteiger partial charge is 0.141 e. The molecule has 0 saturated carbocycles. The zero-order valence-corrected chi connectivity index (χ0v) is 18.1. The van der Waals surface area contributed by atoms with E-state index in [0.29, 0.717) is 6.04 Å². The van der Waals surface area contributed by atoms with Crippen LogP contribution in [0.2, 0.25) is 0 Å². The molecule has 5 heteroatoms. The molecule has 1 N–H and O–H groups in total. The first-order valence-electron chi connectivity index (χ1n) is 10.4. The number of fused-ring (bicyclic) bond motifs is 3. The van der Waals surface area contributed by atoms with Crippen molar-refractivity contribution in [3.63, 3.8) is 0 Å². The molecule has 0 aliphatic carbocycles. The van der Waals surface area contributed by atoms with Crippen molar-refractivity contribution in [2.45, 2.75) is 66.0 Å². The molecule has 152 valence electrons. The lowest BCUT2D eigenvalue weighted by molar-refractivity contribution is 0.0787. The number of benzene rings is 1. The molecule has 0 radical (unpaired) electrons. The highest BCUT2D eigenvalue weighted by atomic mass is 16.5. The van der Waals surface area contributed by atoms with Gasteiger partial charge in [0.2, 0.25) is 0 Å². The van der Waals surface area contributed by atoms with Gasteiger partial charge in [0.25, 0.3) is 0 Å². The summed E-state index contributed by atoms with van der Waals surface area (Å²) in [4.78, 5) is 4.86. The van der Waals surface area contributed by atoms with E-state index in [-0.39, 0.29) is 0 Å². The molecule has 0 fully saturated rings. The molecule has 0 aliphatic heterocycles. The van der Waals surface area contributed by atoms with Crippen LogP contribution < -0.4 is 0 Å².